The molecule has 0 fully saturated rings. The molecule has 0 aliphatic carbocycles. The third kappa shape index (κ3) is 7.29. The fourth-order valence-electron chi connectivity index (χ4n) is 3.44. The molecule has 4 aromatic rings. The van der Waals surface area contributed by atoms with Gasteiger partial charge in [-0.1, -0.05) is 30.8 Å². The standard InChI is InChI=1S/C32H24O8/c1-20(2)30(34)38-28-16-18-29(19-17-28)40-32(36)25-10-14-27(15-11-25)39-31(35)24-6-4-22(5-7-24)23-8-12-26(13-9-23)37-21(3)33/h4-19H,1H2,2-3H3. The molecular weight excluding hydrogens is 512 g/mol. The summed E-state index contributed by atoms with van der Waals surface area (Å²) in [6.07, 6.45) is 0. The molecule has 0 aliphatic heterocycles. The van der Waals surface area contributed by atoms with Crippen molar-refractivity contribution in [3.05, 3.63) is 120 Å². The first-order chi connectivity index (χ1) is 19.2. The van der Waals surface area contributed by atoms with Crippen LogP contribution in [0.15, 0.2) is 109 Å². The SMILES string of the molecule is C=C(C)C(=O)Oc1ccc(OC(=O)c2ccc(OC(=O)c3ccc(-c4ccc(OC(C)=O)cc4)cc3)cc2)cc1. The Hall–Kier alpha value is -5.50. The predicted molar refractivity (Wildman–Crippen MR) is 146 cm³/mol. The van der Waals surface area contributed by atoms with Gasteiger partial charge in [-0.2, -0.15) is 0 Å². The minimum atomic E-state index is -0.610. The number of carbonyl (C=O) groups excluding carboxylic acids is 4. The second-order valence-electron chi connectivity index (χ2n) is 8.64. The van der Waals surface area contributed by atoms with E-state index in [-0.39, 0.29) is 22.6 Å². The smallest absolute Gasteiger partial charge is 0.343 e. The highest BCUT2D eigenvalue weighted by Gasteiger charge is 2.13. The van der Waals surface area contributed by atoms with E-state index >= 15 is 0 Å². The van der Waals surface area contributed by atoms with Gasteiger partial charge in [0.1, 0.15) is 23.0 Å². The lowest BCUT2D eigenvalue weighted by Crippen LogP contribution is -2.10. The number of esters is 4. The molecule has 8 nitrogen and oxygen atoms in total. The maximum atomic E-state index is 12.6. The normalized spacial score (nSPS) is 10.2. The van der Waals surface area contributed by atoms with E-state index in [9.17, 15) is 19.2 Å². The zero-order valence-corrected chi connectivity index (χ0v) is 21.7. The molecule has 0 saturated heterocycles. The van der Waals surface area contributed by atoms with Crippen LogP contribution in [0.5, 0.6) is 23.0 Å². The van der Waals surface area contributed by atoms with Crippen LogP contribution in [0.25, 0.3) is 11.1 Å². The van der Waals surface area contributed by atoms with Crippen LogP contribution in [0, 0.1) is 0 Å². The maximum Gasteiger partial charge on any atom is 0.343 e. The number of rotatable bonds is 8. The van der Waals surface area contributed by atoms with Crippen LogP contribution in [-0.2, 0) is 9.59 Å². The Balaban J connectivity index is 1.32. The number of hydrogen-bond donors (Lipinski definition) is 0. The van der Waals surface area contributed by atoms with Gasteiger partial charge in [-0.25, -0.2) is 14.4 Å². The molecule has 0 amide bonds. The first-order valence-electron chi connectivity index (χ1n) is 12.1. The molecule has 0 bridgehead atoms. The van der Waals surface area contributed by atoms with Crippen LogP contribution in [-0.4, -0.2) is 23.9 Å². The van der Waals surface area contributed by atoms with Crippen molar-refractivity contribution in [1.29, 1.82) is 0 Å². The van der Waals surface area contributed by atoms with Crippen LogP contribution >= 0.6 is 0 Å². The minimum absolute atomic E-state index is 0.252. The van der Waals surface area contributed by atoms with Crippen LogP contribution in [0.2, 0.25) is 0 Å². The van der Waals surface area contributed by atoms with Crippen molar-refractivity contribution in [1.82, 2.24) is 0 Å². The average molecular weight is 537 g/mol. The van der Waals surface area contributed by atoms with Crippen molar-refractivity contribution in [2.45, 2.75) is 13.8 Å². The zero-order chi connectivity index (χ0) is 28.6. The molecule has 4 rings (SSSR count). The van der Waals surface area contributed by atoms with Gasteiger partial charge in [0, 0.05) is 12.5 Å². The lowest BCUT2D eigenvalue weighted by Gasteiger charge is -2.08. The molecule has 40 heavy (non-hydrogen) atoms. The first kappa shape index (κ1) is 27.5. The molecule has 8 heteroatoms. The summed E-state index contributed by atoms with van der Waals surface area (Å²) in [6, 6.07) is 25.8. The molecule has 0 atom stereocenters. The van der Waals surface area contributed by atoms with Crippen LogP contribution in [0.4, 0.5) is 0 Å². The fourth-order valence-corrected chi connectivity index (χ4v) is 3.44. The van der Waals surface area contributed by atoms with Crippen LogP contribution < -0.4 is 18.9 Å². The highest BCUT2D eigenvalue weighted by atomic mass is 16.5. The van der Waals surface area contributed by atoms with Crippen LogP contribution in [0.1, 0.15) is 34.6 Å². The van der Waals surface area contributed by atoms with Crippen molar-refractivity contribution in [3.8, 4) is 34.1 Å². The van der Waals surface area contributed by atoms with E-state index in [2.05, 4.69) is 6.58 Å². The van der Waals surface area contributed by atoms with E-state index in [1.54, 1.807) is 43.3 Å². The maximum absolute atomic E-state index is 12.6. The summed E-state index contributed by atoms with van der Waals surface area (Å²) in [4.78, 5) is 47.7. The Kier molecular flexibility index (Phi) is 8.51. The molecule has 0 aliphatic rings. The van der Waals surface area contributed by atoms with Crippen molar-refractivity contribution < 1.29 is 38.1 Å². The number of ether oxygens (including phenoxy) is 4. The Morgan fingerprint density at radius 2 is 0.800 bits per heavy atom. The van der Waals surface area contributed by atoms with E-state index in [0.717, 1.165) is 11.1 Å². The Bertz CT molecular complexity index is 1550. The van der Waals surface area contributed by atoms with Crippen molar-refractivity contribution in [2.24, 2.45) is 0 Å². The van der Waals surface area contributed by atoms with Gasteiger partial charge < -0.3 is 18.9 Å². The molecular formula is C32H24O8. The summed E-state index contributed by atoms with van der Waals surface area (Å²) >= 11 is 0. The number of carbonyl (C=O) groups is 4. The largest absolute Gasteiger partial charge is 0.427 e. The van der Waals surface area contributed by atoms with E-state index in [1.165, 1.54) is 55.5 Å². The predicted octanol–water partition coefficient (Wildman–Crippen LogP) is 6.20. The Morgan fingerprint density at radius 3 is 1.23 bits per heavy atom. The fraction of sp³-hybridized carbons (Fsp3) is 0.0625. The summed E-state index contributed by atoms with van der Waals surface area (Å²) in [5.74, 6) is -0.837. The summed E-state index contributed by atoms with van der Waals surface area (Å²) in [7, 11) is 0. The number of benzene rings is 4. The van der Waals surface area contributed by atoms with Gasteiger partial charge in [-0.05, 0) is 90.8 Å². The van der Waals surface area contributed by atoms with E-state index < -0.39 is 23.9 Å². The first-order valence-corrected chi connectivity index (χ1v) is 12.1. The summed E-state index contributed by atoms with van der Waals surface area (Å²) in [5.41, 5.74) is 2.63. The summed E-state index contributed by atoms with van der Waals surface area (Å²) in [5, 5.41) is 0. The third-order valence-corrected chi connectivity index (χ3v) is 5.46. The topological polar surface area (TPSA) is 105 Å². The molecule has 0 N–H and O–H groups in total. The van der Waals surface area contributed by atoms with Crippen molar-refractivity contribution in [2.75, 3.05) is 0 Å². The van der Waals surface area contributed by atoms with Gasteiger partial charge in [0.2, 0.25) is 0 Å². The molecule has 0 heterocycles. The zero-order valence-electron chi connectivity index (χ0n) is 21.7. The van der Waals surface area contributed by atoms with Gasteiger partial charge in [0.05, 0.1) is 11.1 Å². The molecule has 0 unspecified atom stereocenters. The molecule has 200 valence electrons. The highest BCUT2D eigenvalue weighted by Crippen LogP contribution is 2.24. The van der Waals surface area contributed by atoms with Gasteiger partial charge in [0.15, 0.2) is 0 Å². The quantitative estimate of drug-likeness (QED) is 0.149. The second-order valence-corrected chi connectivity index (χ2v) is 8.64. The molecule has 0 radical (unpaired) electrons. The average Bonchev–Trinajstić information content (AvgIpc) is 2.94. The van der Waals surface area contributed by atoms with E-state index in [4.69, 9.17) is 18.9 Å². The Labute approximate surface area is 230 Å². The lowest BCUT2D eigenvalue weighted by atomic mass is 10.0. The minimum Gasteiger partial charge on any atom is -0.427 e. The van der Waals surface area contributed by atoms with Gasteiger partial charge >= 0.3 is 23.9 Å². The molecule has 0 spiro atoms. The lowest BCUT2D eigenvalue weighted by molar-refractivity contribution is -0.132. The van der Waals surface area contributed by atoms with Gasteiger partial charge in [-0.15, -0.1) is 0 Å². The Morgan fingerprint density at radius 1 is 0.475 bits per heavy atom. The van der Waals surface area contributed by atoms with E-state index in [0.29, 0.717) is 17.1 Å². The van der Waals surface area contributed by atoms with Crippen molar-refractivity contribution in [3.63, 3.8) is 0 Å². The third-order valence-electron chi connectivity index (χ3n) is 5.46. The molecule has 0 saturated carbocycles. The monoisotopic (exact) mass is 536 g/mol. The second kappa shape index (κ2) is 12.4. The number of hydrogen-bond acceptors (Lipinski definition) is 8. The summed E-state index contributed by atoms with van der Waals surface area (Å²) < 4.78 is 20.9. The van der Waals surface area contributed by atoms with Gasteiger partial charge in [0.25, 0.3) is 0 Å². The molecule has 4 aromatic carbocycles. The summed E-state index contributed by atoms with van der Waals surface area (Å²) in [6.45, 7) is 6.40. The highest BCUT2D eigenvalue weighted by molar-refractivity contribution is 5.93. The van der Waals surface area contributed by atoms with E-state index in [1.807, 2.05) is 12.1 Å². The van der Waals surface area contributed by atoms with Crippen molar-refractivity contribution >= 4 is 23.9 Å². The molecule has 0 aromatic heterocycles. The van der Waals surface area contributed by atoms with Gasteiger partial charge in [-0.3, -0.25) is 4.79 Å². The van der Waals surface area contributed by atoms with Crippen LogP contribution in [0.3, 0.4) is 0 Å².